The molecule has 1 heterocycles. The van der Waals surface area contributed by atoms with Gasteiger partial charge in [-0.3, -0.25) is 4.68 Å². The Balaban J connectivity index is 3.02. The van der Waals surface area contributed by atoms with E-state index in [1.807, 2.05) is 11.7 Å². The van der Waals surface area contributed by atoms with E-state index in [1.54, 1.807) is 0 Å². The molecular weight excluding hydrogens is 278 g/mol. The van der Waals surface area contributed by atoms with Gasteiger partial charge in [0.25, 0.3) is 0 Å². The molecule has 0 aliphatic heterocycles. The summed E-state index contributed by atoms with van der Waals surface area (Å²) in [6, 6.07) is 0. The van der Waals surface area contributed by atoms with E-state index in [4.69, 9.17) is 0 Å². The maximum Gasteiger partial charge on any atom is 0.130 e. The molecule has 0 aliphatic carbocycles. The highest BCUT2D eigenvalue weighted by atomic mass is 79.9. The molecule has 1 atom stereocenters. The first-order valence-electron chi connectivity index (χ1n) is 6.38. The van der Waals surface area contributed by atoms with Gasteiger partial charge in [-0.1, -0.05) is 36.2 Å². The lowest BCUT2D eigenvalue weighted by atomic mass is 10.1. The van der Waals surface area contributed by atoms with E-state index in [9.17, 15) is 0 Å². The summed E-state index contributed by atoms with van der Waals surface area (Å²) in [7, 11) is 2.04. The van der Waals surface area contributed by atoms with E-state index in [-0.39, 0.29) is 0 Å². The van der Waals surface area contributed by atoms with Crippen molar-refractivity contribution >= 4 is 21.7 Å². The third-order valence-electron chi connectivity index (χ3n) is 3.36. The summed E-state index contributed by atoms with van der Waals surface area (Å²) in [5, 5.41) is 5.40. The van der Waals surface area contributed by atoms with Crippen LogP contribution in [0.15, 0.2) is 0 Å². The standard InChI is InChI=1S/C13H24BrN3/c1-6-10(3)9-17(7-2)13-12(8-14)11(4)15-16(13)5/h10H,6-9H2,1-5H3. The predicted molar refractivity (Wildman–Crippen MR) is 77.9 cm³/mol. The summed E-state index contributed by atoms with van der Waals surface area (Å²) in [4.78, 5) is 2.44. The number of hydrogen-bond donors (Lipinski definition) is 0. The maximum atomic E-state index is 4.53. The van der Waals surface area contributed by atoms with Crippen LogP contribution in [0.25, 0.3) is 0 Å². The average Bonchev–Trinajstić information content (AvgIpc) is 2.60. The Morgan fingerprint density at radius 2 is 2.06 bits per heavy atom. The van der Waals surface area contributed by atoms with Crippen LogP contribution in [-0.2, 0) is 12.4 Å². The van der Waals surface area contributed by atoms with Gasteiger partial charge in [-0.05, 0) is 19.8 Å². The van der Waals surface area contributed by atoms with E-state index in [1.165, 1.54) is 17.8 Å². The number of anilines is 1. The van der Waals surface area contributed by atoms with Gasteiger partial charge >= 0.3 is 0 Å². The van der Waals surface area contributed by atoms with Crippen molar-refractivity contribution in [3.05, 3.63) is 11.3 Å². The fourth-order valence-electron chi connectivity index (χ4n) is 2.11. The van der Waals surface area contributed by atoms with E-state index in [0.717, 1.165) is 24.1 Å². The molecule has 98 valence electrons. The SMILES string of the molecule is CCC(C)CN(CC)c1c(CBr)c(C)nn1C. The van der Waals surface area contributed by atoms with Gasteiger partial charge in [0.2, 0.25) is 0 Å². The molecule has 1 aromatic heterocycles. The second kappa shape index (κ2) is 6.43. The summed E-state index contributed by atoms with van der Waals surface area (Å²) in [6.45, 7) is 11.0. The second-order valence-corrected chi connectivity index (χ2v) is 5.26. The normalized spacial score (nSPS) is 12.8. The summed E-state index contributed by atoms with van der Waals surface area (Å²) >= 11 is 3.57. The average molecular weight is 302 g/mol. The van der Waals surface area contributed by atoms with Crippen molar-refractivity contribution in [1.29, 1.82) is 0 Å². The number of halogens is 1. The second-order valence-electron chi connectivity index (χ2n) is 4.70. The molecule has 0 N–H and O–H groups in total. The van der Waals surface area contributed by atoms with Crippen LogP contribution in [0.3, 0.4) is 0 Å². The number of nitrogens with zero attached hydrogens (tertiary/aromatic N) is 3. The third kappa shape index (κ3) is 3.24. The zero-order valence-corrected chi connectivity index (χ0v) is 13.2. The molecule has 17 heavy (non-hydrogen) atoms. The molecule has 3 nitrogen and oxygen atoms in total. The number of rotatable bonds is 6. The Labute approximate surface area is 113 Å². The summed E-state index contributed by atoms with van der Waals surface area (Å²) in [5.74, 6) is 1.98. The van der Waals surface area contributed by atoms with Crippen LogP contribution < -0.4 is 4.90 Å². The topological polar surface area (TPSA) is 21.1 Å². The fourth-order valence-corrected chi connectivity index (χ4v) is 2.77. The van der Waals surface area contributed by atoms with Crippen LogP contribution in [0.5, 0.6) is 0 Å². The molecule has 0 bridgehead atoms. The highest BCUT2D eigenvalue weighted by Crippen LogP contribution is 2.26. The van der Waals surface area contributed by atoms with Gasteiger partial charge in [0.05, 0.1) is 5.69 Å². The monoisotopic (exact) mass is 301 g/mol. The van der Waals surface area contributed by atoms with Crippen LogP contribution in [0, 0.1) is 12.8 Å². The molecule has 0 saturated heterocycles. The van der Waals surface area contributed by atoms with Crippen molar-refractivity contribution < 1.29 is 0 Å². The molecule has 0 aliphatic rings. The van der Waals surface area contributed by atoms with Crippen molar-refractivity contribution in [3.63, 3.8) is 0 Å². The van der Waals surface area contributed by atoms with Crippen molar-refractivity contribution in [2.45, 2.75) is 39.4 Å². The van der Waals surface area contributed by atoms with Crippen molar-refractivity contribution in [2.75, 3.05) is 18.0 Å². The van der Waals surface area contributed by atoms with Gasteiger partial charge in [-0.15, -0.1) is 0 Å². The van der Waals surface area contributed by atoms with Crippen molar-refractivity contribution in [3.8, 4) is 0 Å². The molecule has 1 rings (SSSR count). The molecule has 0 fully saturated rings. The minimum absolute atomic E-state index is 0.716. The van der Waals surface area contributed by atoms with Gasteiger partial charge in [-0.25, -0.2) is 0 Å². The molecule has 0 aromatic carbocycles. The third-order valence-corrected chi connectivity index (χ3v) is 3.92. The van der Waals surface area contributed by atoms with Gasteiger partial charge in [0, 0.05) is 31.0 Å². The minimum Gasteiger partial charge on any atom is -0.357 e. The lowest BCUT2D eigenvalue weighted by molar-refractivity contribution is 0.538. The first kappa shape index (κ1) is 14.6. The maximum absolute atomic E-state index is 4.53. The number of alkyl halides is 1. The molecule has 0 spiro atoms. The van der Waals surface area contributed by atoms with Crippen LogP contribution in [0.2, 0.25) is 0 Å². The van der Waals surface area contributed by atoms with Gasteiger partial charge in [0.15, 0.2) is 0 Å². The van der Waals surface area contributed by atoms with Crippen molar-refractivity contribution in [1.82, 2.24) is 9.78 Å². The summed E-state index contributed by atoms with van der Waals surface area (Å²) < 4.78 is 2.01. The molecule has 1 aromatic rings. The Kier molecular flexibility index (Phi) is 5.50. The lowest BCUT2D eigenvalue weighted by Gasteiger charge is -2.27. The molecule has 0 amide bonds. The van der Waals surface area contributed by atoms with Crippen LogP contribution in [-0.4, -0.2) is 22.9 Å². The first-order chi connectivity index (χ1) is 8.04. The summed E-state index contributed by atoms with van der Waals surface area (Å²) in [5.41, 5.74) is 2.44. The highest BCUT2D eigenvalue weighted by Gasteiger charge is 2.18. The van der Waals surface area contributed by atoms with Crippen LogP contribution in [0.1, 0.15) is 38.4 Å². The Hall–Kier alpha value is -0.510. The number of aromatic nitrogens is 2. The van der Waals surface area contributed by atoms with Crippen LogP contribution in [0.4, 0.5) is 5.82 Å². The van der Waals surface area contributed by atoms with E-state index in [0.29, 0.717) is 5.92 Å². The Morgan fingerprint density at radius 1 is 1.41 bits per heavy atom. The fraction of sp³-hybridized carbons (Fsp3) is 0.769. The Morgan fingerprint density at radius 3 is 2.53 bits per heavy atom. The van der Waals surface area contributed by atoms with Gasteiger partial charge in [0.1, 0.15) is 5.82 Å². The molecule has 1 unspecified atom stereocenters. The molecule has 0 radical (unpaired) electrons. The van der Waals surface area contributed by atoms with Gasteiger partial charge in [-0.2, -0.15) is 5.10 Å². The minimum atomic E-state index is 0.716. The van der Waals surface area contributed by atoms with E-state index >= 15 is 0 Å². The lowest BCUT2D eigenvalue weighted by Crippen LogP contribution is -2.30. The predicted octanol–water partition coefficient (Wildman–Crippen LogP) is 3.50. The van der Waals surface area contributed by atoms with Gasteiger partial charge < -0.3 is 4.90 Å². The number of aryl methyl sites for hydroxylation is 2. The Bertz CT molecular complexity index is 360. The van der Waals surface area contributed by atoms with Crippen LogP contribution >= 0.6 is 15.9 Å². The van der Waals surface area contributed by atoms with E-state index in [2.05, 4.69) is 53.6 Å². The zero-order valence-electron chi connectivity index (χ0n) is 11.6. The smallest absolute Gasteiger partial charge is 0.130 e. The number of hydrogen-bond acceptors (Lipinski definition) is 2. The molecule has 4 heteroatoms. The highest BCUT2D eigenvalue weighted by molar-refractivity contribution is 9.08. The van der Waals surface area contributed by atoms with Crippen molar-refractivity contribution in [2.24, 2.45) is 13.0 Å². The largest absolute Gasteiger partial charge is 0.357 e. The molecule has 0 saturated carbocycles. The summed E-state index contributed by atoms with van der Waals surface area (Å²) in [6.07, 6.45) is 1.22. The zero-order chi connectivity index (χ0) is 13.0. The first-order valence-corrected chi connectivity index (χ1v) is 7.50. The van der Waals surface area contributed by atoms with E-state index < -0.39 is 0 Å². The molecular formula is C13H24BrN3. The quantitative estimate of drug-likeness (QED) is 0.750.